The van der Waals surface area contributed by atoms with Gasteiger partial charge in [0.05, 0.1) is 5.60 Å². The van der Waals surface area contributed by atoms with Crippen molar-refractivity contribution < 1.29 is 4.74 Å². The second-order valence-corrected chi connectivity index (χ2v) is 6.18. The Bertz CT molecular complexity index is 408. The number of hydrogen-bond donors (Lipinski definition) is 1. The van der Waals surface area contributed by atoms with Crippen LogP contribution in [-0.2, 0) is 18.2 Å². The van der Waals surface area contributed by atoms with Crippen LogP contribution >= 0.6 is 0 Å². The molecule has 1 heterocycles. The summed E-state index contributed by atoms with van der Waals surface area (Å²) >= 11 is 0. The van der Waals surface area contributed by atoms with Crippen LogP contribution in [0.3, 0.4) is 0 Å². The summed E-state index contributed by atoms with van der Waals surface area (Å²) in [7, 11) is 2.08. The van der Waals surface area contributed by atoms with E-state index >= 15 is 0 Å². The molecule has 0 aromatic carbocycles. The van der Waals surface area contributed by atoms with E-state index in [1.165, 1.54) is 38.5 Å². The van der Waals surface area contributed by atoms with Crippen LogP contribution < -0.4 is 5.32 Å². The van der Waals surface area contributed by atoms with Gasteiger partial charge in [-0.05, 0) is 26.3 Å². The number of imidazole rings is 1. The van der Waals surface area contributed by atoms with Gasteiger partial charge >= 0.3 is 0 Å². The van der Waals surface area contributed by atoms with Crippen LogP contribution in [0.25, 0.3) is 0 Å². The molecule has 4 nitrogen and oxygen atoms in total. The molecular formula is C17H31N3O. The van der Waals surface area contributed by atoms with E-state index in [-0.39, 0.29) is 5.60 Å². The Morgan fingerprint density at radius 1 is 1.29 bits per heavy atom. The van der Waals surface area contributed by atoms with Crippen LogP contribution in [-0.4, -0.2) is 34.3 Å². The Hall–Kier alpha value is -0.870. The zero-order chi connectivity index (χ0) is 15.1. The molecular weight excluding hydrogens is 262 g/mol. The molecule has 1 saturated carbocycles. The summed E-state index contributed by atoms with van der Waals surface area (Å²) in [4.78, 5) is 4.51. The second-order valence-electron chi connectivity index (χ2n) is 6.18. The molecule has 0 amide bonds. The molecule has 1 aromatic rings. The van der Waals surface area contributed by atoms with Crippen molar-refractivity contribution in [1.82, 2.24) is 14.9 Å². The average Bonchev–Trinajstić information content (AvgIpc) is 2.74. The van der Waals surface area contributed by atoms with Gasteiger partial charge < -0.3 is 14.6 Å². The monoisotopic (exact) mass is 293 g/mol. The highest BCUT2D eigenvalue weighted by Crippen LogP contribution is 2.34. The molecule has 1 fully saturated rings. The Balaban J connectivity index is 2.20. The first kappa shape index (κ1) is 16.5. The van der Waals surface area contributed by atoms with Crippen LogP contribution in [0.5, 0.6) is 0 Å². The second kappa shape index (κ2) is 7.95. The molecule has 4 heteroatoms. The first-order chi connectivity index (χ1) is 10.2. The summed E-state index contributed by atoms with van der Waals surface area (Å²) < 4.78 is 8.48. The van der Waals surface area contributed by atoms with Crippen LogP contribution in [0, 0.1) is 0 Å². The lowest BCUT2D eigenvalue weighted by Gasteiger charge is -2.40. The van der Waals surface area contributed by atoms with Crippen molar-refractivity contribution in [2.24, 2.45) is 7.05 Å². The van der Waals surface area contributed by atoms with Gasteiger partial charge in [-0.15, -0.1) is 0 Å². The zero-order valence-corrected chi connectivity index (χ0v) is 13.9. The Morgan fingerprint density at radius 2 is 2.00 bits per heavy atom. The number of ether oxygens (including phenoxy) is 1. The van der Waals surface area contributed by atoms with Gasteiger partial charge in [0.2, 0.25) is 0 Å². The Labute approximate surface area is 129 Å². The van der Waals surface area contributed by atoms with Gasteiger partial charge in [-0.3, -0.25) is 0 Å². The molecule has 1 aromatic heterocycles. The minimum atomic E-state index is -0.0206. The van der Waals surface area contributed by atoms with E-state index in [1.807, 2.05) is 12.4 Å². The summed E-state index contributed by atoms with van der Waals surface area (Å²) in [6.45, 7) is 6.07. The van der Waals surface area contributed by atoms with E-state index in [0.29, 0.717) is 6.04 Å². The van der Waals surface area contributed by atoms with Crippen LogP contribution in [0.4, 0.5) is 0 Å². The lowest BCUT2D eigenvalue weighted by atomic mass is 9.84. The summed E-state index contributed by atoms with van der Waals surface area (Å²) in [5, 5.41) is 3.69. The first-order valence-electron chi connectivity index (χ1n) is 8.55. The molecule has 0 bridgehead atoms. The van der Waals surface area contributed by atoms with Crippen LogP contribution in [0.1, 0.15) is 58.2 Å². The van der Waals surface area contributed by atoms with Crippen LogP contribution in [0.2, 0.25) is 0 Å². The predicted octanol–water partition coefficient (Wildman–Crippen LogP) is 3.07. The molecule has 2 rings (SSSR count). The van der Waals surface area contributed by atoms with Crippen molar-refractivity contribution in [3.63, 3.8) is 0 Å². The molecule has 1 N–H and O–H groups in total. The normalized spacial score (nSPS) is 20.1. The topological polar surface area (TPSA) is 39.1 Å². The lowest BCUT2D eigenvalue weighted by Crippen LogP contribution is -2.54. The molecule has 1 unspecified atom stereocenters. The van der Waals surface area contributed by atoms with Gasteiger partial charge in [-0.25, -0.2) is 4.98 Å². The summed E-state index contributed by atoms with van der Waals surface area (Å²) in [6.07, 6.45) is 12.4. The predicted molar refractivity (Wildman–Crippen MR) is 86.4 cm³/mol. The highest BCUT2D eigenvalue weighted by atomic mass is 16.5. The van der Waals surface area contributed by atoms with Crippen LogP contribution in [0.15, 0.2) is 12.4 Å². The van der Waals surface area contributed by atoms with Crippen molar-refractivity contribution >= 4 is 0 Å². The van der Waals surface area contributed by atoms with E-state index in [2.05, 4.69) is 35.8 Å². The minimum Gasteiger partial charge on any atom is -0.374 e. The van der Waals surface area contributed by atoms with E-state index in [9.17, 15) is 0 Å². The van der Waals surface area contributed by atoms with E-state index < -0.39 is 0 Å². The molecule has 0 saturated heterocycles. The number of nitrogens with zero attached hydrogens (tertiary/aromatic N) is 2. The van der Waals surface area contributed by atoms with Gasteiger partial charge in [-0.2, -0.15) is 0 Å². The Kier molecular flexibility index (Phi) is 6.24. The van der Waals surface area contributed by atoms with Crippen molar-refractivity contribution in [2.45, 2.75) is 70.4 Å². The quantitative estimate of drug-likeness (QED) is 0.785. The molecule has 21 heavy (non-hydrogen) atoms. The van der Waals surface area contributed by atoms with Crippen molar-refractivity contribution in [3.8, 4) is 0 Å². The third kappa shape index (κ3) is 4.07. The van der Waals surface area contributed by atoms with Crippen molar-refractivity contribution in [3.05, 3.63) is 18.2 Å². The Morgan fingerprint density at radius 3 is 2.52 bits per heavy atom. The maximum atomic E-state index is 6.35. The van der Waals surface area contributed by atoms with Crippen molar-refractivity contribution in [2.75, 3.05) is 13.2 Å². The van der Waals surface area contributed by atoms with Gasteiger partial charge in [0.15, 0.2) is 0 Å². The highest BCUT2D eigenvalue weighted by molar-refractivity contribution is 5.02. The molecule has 0 radical (unpaired) electrons. The molecule has 1 atom stereocenters. The van der Waals surface area contributed by atoms with E-state index in [1.54, 1.807) is 0 Å². The van der Waals surface area contributed by atoms with E-state index in [4.69, 9.17) is 4.74 Å². The van der Waals surface area contributed by atoms with Gasteiger partial charge in [0.25, 0.3) is 0 Å². The number of nitrogens with one attached hydrogen (secondary N) is 1. The zero-order valence-electron chi connectivity index (χ0n) is 13.9. The molecule has 0 aliphatic heterocycles. The fourth-order valence-electron chi connectivity index (χ4n) is 3.67. The third-order valence-electron chi connectivity index (χ3n) is 4.77. The SMILES string of the molecule is CCNC(Cc1nccn1C)C1(OCC)CCCCCC1. The number of aryl methyl sites for hydroxylation is 1. The minimum absolute atomic E-state index is 0.0206. The lowest BCUT2D eigenvalue weighted by molar-refractivity contribution is -0.0769. The maximum Gasteiger partial charge on any atom is 0.110 e. The standard InChI is InChI=1S/C17H31N3O/c1-4-18-15(14-16-19-12-13-20(16)3)17(21-5-2)10-8-6-7-9-11-17/h12-13,15,18H,4-11,14H2,1-3H3. The fraction of sp³-hybridized carbons (Fsp3) is 0.824. The molecule has 120 valence electrons. The van der Waals surface area contributed by atoms with Crippen molar-refractivity contribution in [1.29, 1.82) is 0 Å². The summed E-state index contributed by atoms with van der Waals surface area (Å²) in [5.74, 6) is 1.14. The summed E-state index contributed by atoms with van der Waals surface area (Å²) in [5.41, 5.74) is -0.0206. The molecule has 1 aliphatic carbocycles. The summed E-state index contributed by atoms with van der Waals surface area (Å²) in [6, 6.07) is 0.349. The average molecular weight is 293 g/mol. The number of hydrogen-bond acceptors (Lipinski definition) is 3. The highest BCUT2D eigenvalue weighted by Gasteiger charge is 2.39. The largest absolute Gasteiger partial charge is 0.374 e. The van der Waals surface area contributed by atoms with Gasteiger partial charge in [-0.1, -0.05) is 32.6 Å². The molecule has 1 aliphatic rings. The fourth-order valence-corrected chi connectivity index (χ4v) is 3.67. The number of likely N-dealkylation sites (N-methyl/N-ethyl adjacent to an activating group) is 1. The first-order valence-corrected chi connectivity index (χ1v) is 8.55. The smallest absolute Gasteiger partial charge is 0.110 e. The number of rotatable bonds is 7. The van der Waals surface area contributed by atoms with E-state index in [0.717, 1.165) is 25.4 Å². The molecule has 0 spiro atoms. The number of aromatic nitrogens is 2. The van der Waals surface area contributed by atoms with Gasteiger partial charge in [0.1, 0.15) is 5.82 Å². The maximum absolute atomic E-state index is 6.35. The third-order valence-corrected chi connectivity index (χ3v) is 4.77. The van der Waals surface area contributed by atoms with Gasteiger partial charge in [0, 0.05) is 38.5 Å².